The molecule has 2 aromatic rings. The van der Waals surface area contributed by atoms with Gasteiger partial charge in [0.15, 0.2) is 0 Å². The normalized spacial score (nSPS) is 13.3. The van der Waals surface area contributed by atoms with Crippen LogP contribution in [0.4, 0.5) is 5.69 Å². The number of amides is 2. The zero-order valence-electron chi connectivity index (χ0n) is 19.3. The van der Waals surface area contributed by atoms with Gasteiger partial charge in [-0.1, -0.05) is 61.3 Å². The minimum absolute atomic E-state index is 0.00429. The maximum atomic E-state index is 13.0. The third-order valence-electron chi connectivity index (χ3n) is 5.55. The number of likely N-dealkylation sites (N-methyl/N-ethyl adjacent to an activating group) is 1. The molecule has 3 rings (SSSR count). The second kappa shape index (κ2) is 11.8. The van der Waals surface area contributed by atoms with Crippen molar-refractivity contribution in [2.75, 3.05) is 38.1 Å². The molecule has 0 spiro atoms. The first-order chi connectivity index (χ1) is 15.8. The lowest BCUT2D eigenvalue weighted by Gasteiger charge is -2.28. The van der Waals surface area contributed by atoms with Crippen LogP contribution in [-0.4, -0.2) is 61.1 Å². The van der Waals surface area contributed by atoms with E-state index in [0.29, 0.717) is 48.0 Å². The van der Waals surface area contributed by atoms with E-state index in [4.69, 9.17) is 23.2 Å². The third-order valence-corrected chi connectivity index (χ3v) is 6.10. The molecule has 0 aliphatic carbocycles. The highest BCUT2D eigenvalue weighted by Crippen LogP contribution is 2.29. The van der Waals surface area contributed by atoms with Crippen molar-refractivity contribution in [1.29, 1.82) is 0 Å². The van der Waals surface area contributed by atoms with Crippen molar-refractivity contribution in [2.45, 2.75) is 33.0 Å². The summed E-state index contributed by atoms with van der Waals surface area (Å²) < 4.78 is 0. The molecular weight excluding hydrogens is 461 g/mol. The number of anilines is 1. The first-order valence-electron chi connectivity index (χ1n) is 11.0. The van der Waals surface area contributed by atoms with E-state index in [1.165, 1.54) is 11.1 Å². The fourth-order valence-electron chi connectivity index (χ4n) is 3.71. The summed E-state index contributed by atoms with van der Waals surface area (Å²) in [5, 5.41) is 10.9. The quantitative estimate of drug-likeness (QED) is 0.533. The molecule has 0 unspecified atom stereocenters. The van der Waals surface area contributed by atoms with Gasteiger partial charge in [0.1, 0.15) is 0 Å². The Bertz CT molecular complexity index is 960. The molecule has 1 aliphatic heterocycles. The zero-order valence-corrected chi connectivity index (χ0v) is 20.8. The lowest BCUT2D eigenvalue weighted by atomic mass is 10.1. The molecule has 1 heterocycles. The molecule has 2 N–H and O–H groups in total. The molecule has 0 aromatic heterocycles. The summed E-state index contributed by atoms with van der Waals surface area (Å²) in [6.07, 6.45) is 0. The minimum atomic E-state index is -0.186. The molecule has 7 nitrogen and oxygen atoms in total. The summed E-state index contributed by atoms with van der Waals surface area (Å²) in [6.45, 7) is 6.56. The van der Waals surface area contributed by atoms with Gasteiger partial charge in [0, 0.05) is 44.3 Å². The SMILES string of the molecule is CC(C)NCCN(C(=O)CNCC(=O)N(C)N1Cc2ccccc2C1)c1cc(Cl)ccc1Cl. The van der Waals surface area contributed by atoms with Crippen molar-refractivity contribution in [3.63, 3.8) is 0 Å². The van der Waals surface area contributed by atoms with Crippen LogP contribution in [0.25, 0.3) is 0 Å². The van der Waals surface area contributed by atoms with Crippen LogP contribution in [0.5, 0.6) is 0 Å². The predicted molar refractivity (Wildman–Crippen MR) is 133 cm³/mol. The van der Waals surface area contributed by atoms with Gasteiger partial charge in [-0.05, 0) is 29.3 Å². The topological polar surface area (TPSA) is 67.9 Å². The van der Waals surface area contributed by atoms with E-state index in [2.05, 4.69) is 22.8 Å². The summed E-state index contributed by atoms with van der Waals surface area (Å²) in [4.78, 5) is 27.3. The van der Waals surface area contributed by atoms with Crippen molar-refractivity contribution < 1.29 is 9.59 Å². The summed E-state index contributed by atoms with van der Waals surface area (Å²) >= 11 is 12.5. The molecule has 178 valence electrons. The monoisotopic (exact) mass is 491 g/mol. The van der Waals surface area contributed by atoms with Gasteiger partial charge in [0.05, 0.1) is 23.8 Å². The predicted octanol–water partition coefficient (Wildman–Crippen LogP) is 3.30. The van der Waals surface area contributed by atoms with Gasteiger partial charge in [-0.25, -0.2) is 5.01 Å². The molecule has 33 heavy (non-hydrogen) atoms. The number of carbonyl (C=O) groups is 2. The number of hydrazine groups is 1. The molecule has 0 radical (unpaired) electrons. The fourth-order valence-corrected chi connectivity index (χ4v) is 4.09. The number of carbonyl (C=O) groups excluding carboxylic acids is 2. The number of nitrogens with zero attached hydrogens (tertiary/aromatic N) is 3. The summed E-state index contributed by atoms with van der Waals surface area (Å²) in [5.74, 6) is -0.293. The second-order valence-corrected chi connectivity index (χ2v) is 9.21. The van der Waals surface area contributed by atoms with Gasteiger partial charge in [0.25, 0.3) is 5.91 Å². The number of hydrogen-bond donors (Lipinski definition) is 2. The van der Waals surface area contributed by atoms with E-state index in [0.717, 1.165) is 0 Å². The van der Waals surface area contributed by atoms with E-state index in [1.54, 1.807) is 35.2 Å². The Hall–Kier alpha value is -2.16. The van der Waals surface area contributed by atoms with E-state index in [1.807, 2.05) is 31.0 Å². The first-order valence-corrected chi connectivity index (χ1v) is 11.8. The average molecular weight is 492 g/mol. The smallest absolute Gasteiger partial charge is 0.250 e. The Kier molecular flexibility index (Phi) is 9.11. The highest BCUT2D eigenvalue weighted by molar-refractivity contribution is 6.35. The Labute approximate surface area is 205 Å². The van der Waals surface area contributed by atoms with Gasteiger partial charge in [-0.3, -0.25) is 19.9 Å². The molecular formula is C24H31Cl2N5O2. The van der Waals surface area contributed by atoms with E-state index in [9.17, 15) is 9.59 Å². The number of nitrogens with one attached hydrogen (secondary N) is 2. The lowest BCUT2D eigenvalue weighted by molar-refractivity contribution is -0.145. The molecule has 9 heteroatoms. The standard InChI is InChI=1S/C24H31Cl2N5O2/c1-17(2)28-10-11-31(22-12-20(25)8-9-21(22)26)24(33)14-27-13-23(32)29(3)30-15-18-6-4-5-7-19(18)16-30/h4-9,12,17,27-28H,10-11,13-16H2,1-3H3. The minimum Gasteiger partial charge on any atom is -0.313 e. The highest BCUT2D eigenvalue weighted by Gasteiger charge is 2.25. The van der Waals surface area contributed by atoms with Crippen LogP contribution in [0.2, 0.25) is 10.0 Å². The van der Waals surface area contributed by atoms with Crippen molar-refractivity contribution in [3.8, 4) is 0 Å². The molecule has 2 amide bonds. The largest absolute Gasteiger partial charge is 0.313 e. The number of fused-ring (bicyclic) bond motifs is 1. The molecule has 0 saturated carbocycles. The van der Waals surface area contributed by atoms with Gasteiger partial charge in [0.2, 0.25) is 5.91 Å². The van der Waals surface area contributed by atoms with Crippen molar-refractivity contribution in [3.05, 3.63) is 63.6 Å². The second-order valence-electron chi connectivity index (χ2n) is 8.36. The fraction of sp³-hybridized carbons (Fsp3) is 0.417. The summed E-state index contributed by atoms with van der Waals surface area (Å²) in [6, 6.07) is 13.5. The Morgan fingerprint density at radius 2 is 1.67 bits per heavy atom. The molecule has 0 atom stereocenters. The van der Waals surface area contributed by atoms with E-state index < -0.39 is 0 Å². The first kappa shape index (κ1) is 25.5. The van der Waals surface area contributed by atoms with Crippen molar-refractivity contribution in [1.82, 2.24) is 20.7 Å². The van der Waals surface area contributed by atoms with E-state index in [-0.39, 0.29) is 24.9 Å². The summed E-state index contributed by atoms with van der Waals surface area (Å²) in [7, 11) is 1.76. The van der Waals surface area contributed by atoms with Crippen LogP contribution in [0.1, 0.15) is 25.0 Å². The highest BCUT2D eigenvalue weighted by atomic mass is 35.5. The van der Waals surface area contributed by atoms with Gasteiger partial charge in [-0.2, -0.15) is 0 Å². The van der Waals surface area contributed by atoms with Crippen LogP contribution < -0.4 is 15.5 Å². The maximum absolute atomic E-state index is 13.0. The van der Waals surface area contributed by atoms with Crippen molar-refractivity contribution in [2.24, 2.45) is 0 Å². The molecule has 2 aromatic carbocycles. The third kappa shape index (κ3) is 6.91. The van der Waals surface area contributed by atoms with Crippen LogP contribution in [0.3, 0.4) is 0 Å². The maximum Gasteiger partial charge on any atom is 0.250 e. The van der Waals surface area contributed by atoms with Gasteiger partial charge < -0.3 is 10.2 Å². The number of rotatable bonds is 10. The van der Waals surface area contributed by atoms with Gasteiger partial charge >= 0.3 is 0 Å². The van der Waals surface area contributed by atoms with Crippen molar-refractivity contribution >= 4 is 40.7 Å². The molecule has 0 bridgehead atoms. The Morgan fingerprint density at radius 1 is 1.03 bits per heavy atom. The average Bonchev–Trinajstić information content (AvgIpc) is 3.22. The molecule has 1 aliphatic rings. The van der Waals surface area contributed by atoms with Crippen LogP contribution >= 0.6 is 23.2 Å². The van der Waals surface area contributed by atoms with Gasteiger partial charge in [-0.15, -0.1) is 0 Å². The number of halogens is 2. The van der Waals surface area contributed by atoms with Crippen LogP contribution in [-0.2, 0) is 22.7 Å². The van der Waals surface area contributed by atoms with Crippen LogP contribution in [0.15, 0.2) is 42.5 Å². The zero-order chi connectivity index (χ0) is 24.0. The number of benzene rings is 2. The summed E-state index contributed by atoms with van der Waals surface area (Å²) in [5.41, 5.74) is 3.01. The molecule has 0 fully saturated rings. The Balaban J connectivity index is 1.55. The number of hydrogen-bond acceptors (Lipinski definition) is 5. The lowest BCUT2D eigenvalue weighted by Crippen LogP contribution is -2.47. The van der Waals surface area contributed by atoms with E-state index >= 15 is 0 Å². The Morgan fingerprint density at radius 3 is 2.30 bits per heavy atom. The van der Waals surface area contributed by atoms with Crippen LogP contribution in [0, 0.1) is 0 Å². The molecule has 0 saturated heterocycles.